The fourth-order valence-electron chi connectivity index (χ4n) is 1.92. The highest BCUT2D eigenvalue weighted by Gasteiger charge is 2.41. The van der Waals surface area contributed by atoms with Crippen molar-refractivity contribution in [2.24, 2.45) is 0 Å². The van der Waals surface area contributed by atoms with Crippen LogP contribution in [0, 0.1) is 0 Å². The molecule has 0 saturated carbocycles. The molecule has 0 heterocycles. The Morgan fingerprint density at radius 1 is 1.14 bits per heavy atom. The van der Waals surface area contributed by atoms with Gasteiger partial charge in [-0.25, -0.2) is 4.79 Å². The lowest BCUT2D eigenvalue weighted by Gasteiger charge is -2.38. The summed E-state index contributed by atoms with van der Waals surface area (Å²) in [5.74, 6) is -1.96. The van der Waals surface area contributed by atoms with E-state index in [9.17, 15) is 22.8 Å². The van der Waals surface area contributed by atoms with Gasteiger partial charge in [-0.15, -0.1) is 0 Å². The number of hydrogen-bond acceptors (Lipinski definition) is 3. The zero-order chi connectivity index (χ0) is 17.0. The van der Waals surface area contributed by atoms with Crippen molar-refractivity contribution in [2.75, 3.05) is 20.2 Å². The summed E-state index contributed by atoms with van der Waals surface area (Å²) in [6, 6.07) is -0.118. The van der Waals surface area contributed by atoms with Crippen molar-refractivity contribution in [3.8, 4) is 0 Å². The molecule has 0 aliphatic rings. The molecular weight excluding hydrogens is 289 g/mol. The lowest BCUT2D eigenvalue weighted by atomic mass is 10.0. The average molecular weight is 312 g/mol. The van der Waals surface area contributed by atoms with Gasteiger partial charge in [0.2, 0.25) is 0 Å². The first-order valence-corrected chi connectivity index (χ1v) is 6.57. The molecule has 0 unspecified atom stereocenters. The van der Waals surface area contributed by atoms with Crippen LogP contribution >= 0.6 is 0 Å². The van der Waals surface area contributed by atoms with Gasteiger partial charge in [-0.1, -0.05) is 0 Å². The lowest BCUT2D eigenvalue weighted by Crippen LogP contribution is -2.50. The van der Waals surface area contributed by atoms with Gasteiger partial charge in [0, 0.05) is 18.6 Å². The maximum atomic E-state index is 12.2. The van der Waals surface area contributed by atoms with Crippen LogP contribution in [-0.4, -0.2) is 59.8 Å². The molecule has 0 aliphatic carbocycles. The Morgan fingerprint density at radius 2 is 1.62 bits per heavy atom. The van der Waals surface area contributed by atoms with Crippen LogP contribution in [0.3, 0.4) is 0 Å². The van der Waals surface area contributed by atoms with Crippen LogP contribution in [0.1, 0.15) is 34.6 Å². The van der Waals surface area contributed by atoms with E-state index in [4.69, 9.17) is 4.74 Å². The summed E-state index contributed by atoms with van der Waals surface area (Å²) in [7, 11) is 1.01. The summed E-state index contributed by atoms with van der Waals surface area (Å²) < 4.78 is 41.5. The van der Waals surface area contributed by atoms with E-state index in [1.807, 2.05) is 34.6 Å². The predicted octanol–water partition coefficient (Wildman–Crippen LogP) is 2.65. The Balaban J connectivity index is 4.47. The van der Waals surface area contributed by atoms with Gasteiger partial charge in [0.05, 0.1) is 6.54 Å². The minimum atomic E-state index is -4.92. The topological polar surface area (TPSA) is 49.9 Å². The number of amides is 2. The number of likely N-dealkylation sites (N-methyl/N-ethyl adjacent to an activating group) is 1. The third-order valence-corrected chi connectivity index (χ3v) is 2.68. The molecule has 0 bridgehead atoms. The van der Waals surface area contributed by atoms with E-state index < -0.39 is 23.7 Å². The van der Waals surface area contributed by atoms with Crippen LogP contribution in [0.2, 0.25) is 0 Å². The van der Waals surface area contributed by atoms with Crippen LogP contribution in [0.4, 0.5) is 18.0 Å². The van der Waals surface area contributed by atoms with Crippen molar-refractivity contribution < 1.29 is 27.5 Å². The molecule has 0 aromatic rings. The minimum absolute atomic E-state index is 0.118. The molecule has 0 atom stereocenters. The van der Waals surface area contributed by atoms with Gasteiger partial charge in [-0.2, -0.15) is 13.2 Å². The fraction of sp³-hybridized carbons (Fsp3) is 0.846. The molecule has 0 aromatic heterocycles. The largest absolute Gasteiger partial charge is 0.471 e. The monoisotopic (exact) mass is 312 g/mol. The van der Waals surface area contributed by atoms with Crippen LogP contribution in [0.15, 0.2) is 0 Å². The Morgan fingerprint density at radius 3 is 1.95 bits per heavy atom. The zero-order valence-corrected chi connectivity index (χ0v) is 13.2. The highest BCUT2D eigenvalue weighted by Crippen LogP contribution is 2.19. The van der Waals surface area contributed by atoms with Crippen molar-refractivity contribution in [1.82, 2.24) is 9.80 Å². The average Bonchev–Trinajstić information content (AvgIpc) is 2.23. The Bertz CT molecular complexity index is 376. The standard InChI is InChI=1S/C13H23F3N2O3/c1-9(2)18(12(3,4)5)11(20)21-8-7-17(6)10(19)13(14,15)16/h9H,7-8H2,1-6H3. The minimum Gasteiger partial charge on any atom is -0.448 e. The maximum absolute atomic E-state index is 12.2. The number of alkyl halides is 3. The van der Waals surface area contributed by atoms with E-state index in [1.54, 1.807) is 0 Å². The first kappa shape index (κ1) is 19.5. The first-order valence-electron chi connectivity index (χ1n) is 6.57. The van der Waals surface area contributed by atoms with Gasteiger partial charge in [-0.3, -0.25) is 4.79 Å². The molecule has 0 fully saturated rings. The second kappa shape index (κ2) is 7.00. The number of nitrogens with zero attached hydrogens (tertiary/aromatic N) is 2. The van der Waals surface area contributed by atoms with Gasteiger partial charge in [0.15, 0.2) is 0 Å². The van der Waals surface area contributed by atoms with E-state index in [0.29, 0.717) is 4.90 Å². The molecular formula is C13H23F3N2O3. The molecule has 0 aromatic carbocycles. The van der Waals surface area contributed by atoms with Gasteiger partial charge >= 0.3 is 18.2 Å². The number of halogens is 3. The Kier molecular flexibility index (Phi) is 6.51. The van der Waals surface area contributed by atoms with Crippen LogP contribution in [0.5, 0.6) is 0 Å². The second-order valence-electron chi connectivity index (χ2n) is 5.97. The molecule has 0 saturated heterocycles. The van der Waals surface area contributed by atoms with Gasteiger partial charge in [-0.05, 0) is 34.6 Å². The summed E-state index contributed by atoms with van der Waals surface area (Å²) in [5, 5.41) is 0. The molecule has 8 heteroatoms. The number of ether oxygens (including phenoxy) is 1. The Hall–Kier alpha value is -1.47. The smallest absolute Gasteiger partial charge is 0.448 e. The number of rotatable bonds is 4. The highest BCUT2D eigenvalue weighted by atomic mass is 19.4. The predicted molar refractivity (Wildman–Crippen MR) is 71.8 cm³/mol. The van der Waals surface area contributed by atoms with Gasteiger partial charge < -0.3 is 14.5 Å². The number of hydrogen-bond donors (Lipinski definition) is 0. The van der Waals surface area contributed by atoms with Crippen molar-refractivity contribution in [2.45, 2.75) is 52.4 Å². The molecule has 0 aliphatic heterocycles. The van der Waals surface area contributed by atoms with E-state index in [1.165, 1.54) is 4.90 Å². The number of carbonyl (C=O) groups excluding carboxylic acids is 2. The van der Waals surface area contributed by atoms with E-state index in [2.05, 4.69) is 0 Å². The second-order valence-corrected chi connectivity index (χ2v) is 5.97. The first-order chi connectivity index (χ1) is 9.28. The molecule has 0 N–H and O–H groups in total. The number of carbonyl (C=O) groups is 2. The molecule has 0 spiro atoms. The maximum Gasteiger partial charge on any atom is 0.471 e. The summed E-state index contributed by atoms with van der Waals surface area (Å²) in [6.07, 6.45) is -5.54. The highest BCUT2D eigenvalue weighted by molar-refractivity contribution is 5.81. The summed E-state index contributed by atoms with van der Waals surface area (Å²) in [4.78, 5) is 24.8. The van der Waals surface area contributed by atoms with E-state index >= 15 is 0 Å². The van der Waals surface area contributed by atoms with Crippen LogP contribution < -0.4 is 0 Å². The van der Waals surface area contributed by atoms with Gasteiger partial charge in [0.1, 0.15) is 6.61 Å². The normalized spacial score (nSPS) is 12.3. The molecule has 21 heavy (non-hydrogen) atoms. The quantitative estimate of drug-likeness (QED) is 0.802. The van der Waals surface area contributed by atoms with Crippen molar-refractivity contribution in [3.63, 3.8) is 0 Å². The third kappa shape index (κ3) is 6.22. The Labute approximate surface area is 123 Å². The lowest BCUT2D eigenvalue weighted by molar-refractivity contribution is -0.184. The molecule has 5 nitrogen and oxygen atoms in total. The SMILES string of the molecule is CC(C)N(C(=O)OCCN(C)C(=O)C(F)(F)F)C(C)(C)C. The third-order valence-electron chi connectivity index (χ3n) is 2.68. The van der Waals surface area contributed by atoms with E-state index in [-0.39, 0.29) is 19.2 Å². The van der Waals surface area contributed by atoms with Crippen LogP contribution in [-0.2, 0) is 9.53 Å². The van der Waals surface area contributed by atoms with Crippen molar-refractivity contribution in [1.29, 1.82) is 0 Å². The summed E-state index contributed by atoms with van der Waals surface area (Å²) in [6.45, 7) is 8.49. The fourth-order valence-corrected chi connectivity index (χ4v) is 1.92. The van der Waals surface area contributed by atoms with Crippen molar-refractivity contribution >= 4 is 12.0 Å². The van der Waals surface area contributed by atoms with Gasteiger partial charge in [0.25, 0.3) is 0 Å². The molecule has 124 valence electrons. The molecule has 0 rings (SSSR count). The van der Waals surface area contributed by atoms with Crippen molar-refractivity contribution in [3.05, 3.63) is 0 Å². The summed E-state index contributed by atoms with van der Waals surface area (Å²) in [5.41, 5.74) is -0.473. The van der Waals surface area contributed by atoms with Crippen LogP contribution in [0.25, 0.3) is 0 Å². The molecule has 2 amide bonds. The molecule has 0 radical (unpaired) electrons. The summed E-state index contributed by atoms with van der Waals surface area (Å²) >= 11 is 0. The zero-order valence-electron chi connectivity index (χ0n) is 13.2. The van der Waals surface area contributed by atoms with E-state index in [0.717, 1.165) is 7.05 Å².